The predicted octanol–water partition coefficient (Wildman–Crippen LogP) is 3.65. The van der Waals surface area contributed by atoms with Crippen LogP contribution in [0.3, 0.4) is 0 Å². The van der Waals surface area contributed by atoms with Crippen molar-refractivity contribution in [1.29, 1.82) is 0 Å². The van der Waals surface area contributed by atoms with Crippen molar-refractivity contribution in [1.82, 2.24) is 19.7 Å². The van der Waals surface area contributed by atoms with Gasteiger partial charge in [-0.2, -0.15) is 13.2 Å². The van der Waals surface area contributed by atoms with Crippen molar-refractivity contribution < 1.29 is 18.0 Å². The average molecular weight is 364 g/mol. The summed E-state index contributed by atoms with van der Waals surface area (Å²) in [5, 5.41) is 8.23. The molecule has 1 aliphatic carbocycles. The topological polar surface area (TPSA) is 51.0 Å². The number of alkyl halides is 3. The van der Waals surface area contributed by atoms with Gasteiger partial charge in [0.15, 0.2) is 0 Å². The number of aromatic nitrogens is 3. The summed E-state index contributed by atoms with van der Waals surface area (Å²) < 4.78 is 40.7. The molecular weight excluding hydrogens is 345 g/mol. The fourth-order valence-electron chi connectivity index (χ4n) is 3.52. The number of rotatable bonds is 3. The van der Waals surface area contributed by atoms with Crippen molar-refractivity contribution in [3.63, 3.8) is 0 Å². The lowest BCUT2D eigenvalue weighted by Gasteiger charge is -2.33. The highest BCUT2D eigenvalue weighted by atomic mass is 19.4. The third kappa shape index (κ3) is 3.32. The summed E-state index contributed by atoms with van der Waals surface area (Å²) in [6.07, 6.45) is 1.10. The molecule has 0 atom stereocenters. The molecule has 1 aromatic carbocycles. The third-order valence-corrected chi connectivity index (χ3v) is 5.13. The number of piperidine rings is 1. The van der Waals surface area contributed by atoms with Crippen LogP contribution in [0.15, 0.2) is 30.6 Å². The van der Waals surface area contributed by atoms with E-state index < -0.39 is 11.7 Å². The summed E-state index contributed by atoms with van der Waals surface area (Å²) in [5.74, 6) is 1.18. The number of carbonyl (C=O) groups is 1. The van der Waals surface area contributed by atoms with Crippen LogP contribution in [0.25, 0.3) is 0 Å². The minimum Gasteiger partial charge on any atom is -0.338 e. The first-order valence-electron chi connectivity index (χ1n) is 8.79. The van der Waals surface area contributed by atoms with Gasteiger partial charge in [-0.05, 0) is 43.9 Å². The Balaban J connectivity index is 1.43. The Kier molecular flexibility index (Phi) is 4.20. The minimum absolute atomic E-state index is 0.0845. The summed E-state index contributed by atoms with van der Waals surface area (Å²) in [7, 11) is 0. The largest absolute Gasteiger partial charge is 0.416 e. The number of carbonyl (C=O) groups excluding carboxylic acids is 1. The number of amides is 1. The van der Waals surface area contributed by atoms with E-state index in [4.69, 9.17) is 0 Å². The van der Waals surface area contributed by atoms with Gasteiger partial charge in [-0.15, -0.1) is 10.2 Å². The minimum atomic E-state index is -4.45. The molecule has 2 heterocycles. The lowest BCUT2D eigenvalue weighted by Crippen LogP contribution is -2.39. The smallest absolute Gasteiger partial charge is 0.338 e. The molecule has 0 spiro atoms. The SMILES string of the molecule is O=C(c1cccc(C(F)(F)F)c1)N1CCC(n2cnnc2C2CC2)CC1. The molecule has 0 radical (unpaired) electrons. The highest BCUT2D eigenvalue weighted by Gasteiger charge is 2.34. The number of nitrogens with zero attached hydrogens (tertiary/aromatic N) is 4. The Labute approximate surface area is 148 Å². The van der Waals surface area contributed by atoms with Crippen molar-refractivity contribution >= 4 is 5.91 Å². The van der Waals surface area contributed by atoms with Gasteiger partial charge in [0.05, 0.1) is 5.56 Å². The fraction of sp³-hybridized carbons (Fsp3) is 0.500. The first-order valence-corrected chi connectivity index (χ1v) is 8.79. The molecule has 0 N–H and O–H groups in total. The molecule has 1 aromatic heterocycles. The third-order valence-electron chi connectivity index (χ3n) is 5.13. The van der Waals surface area contributed by atoms with Crippen molar-refractivity contribution in [2.45, 2.75) is 43.8 Å². The summed E-state index contributed by atoms with van der Waals surface area (Å²) >= 11 is 0. The fourth-order valence-corrected chi connectivity index (χ4v) is 3.52. The van der Waals surface area contributed by atoms with Crippen LogP contribution in [-0.4, -0.2) is 38.7 Å². The van der Waals surface area contributed by atoms with Gasteiger partial charge in [-0.1, -0.05) is 6.07 Å². The molecule has 1 saturated heterocycles. The number of benzene rings is 1. The second kappa shape index (κ2) is 6.41. The maximum atomic E-state index is 12.9. The highest BCUT2D eigenvalue weighted by molar-refractivity contribution is 5.94. The Morgan fingerprint density at radius 3 is 2.50 bits per heavy atom. The van der Waals surface area contributed by atoms with Gasteiger partial charge >= 0.3 is 6.18 Å². The maximum Gasteiger partial charge on any atom is 0.416 e. The first kappa shape index (κ1) is 17.1. The van der Waals surface area contributed by atoms with E-state index in [1.54, 1.807) is 11.2 Å². The van der Waals surface area contributed by atoms with E-state index in [0.717, 1.165) is 43.6 Å². The van der Waals surface area contributed by atoms with Crippen molar-refractivity contribution in [2.75, 3.05) is 13.1 Å². The van der Waals surface area contributed by atoms with E-state index in [1.807, 2.05) is 0 Å². The zero-order valence-corrected chi connectivity index (χ0v) is 14.1. The molecule has 5 nitrogen and oxygen atoms in total. The normalized spacial score (nSPS) is 19.0. The van der Waals surface area contributed by atoms with E-state index in [-0.39, 0.29) is 17.5 Å². The molecule has 2 fully saturated rings. The molecule has 4 rings (SSSR count). The molecule has 0 bridgehead atoms. The van der Waals surface area contributed by atoms with E-state index in [2.05, 4.69) is 14.8 Å². The second-order valence-corrected chi connectivity index (χ2v) is 6.97. The molecule has 1 aliphatic heterocycles. The molecule has 0 unspecified atom stereocenters. The first-order chi connectivity index (χ1) is 12.4. The highest BCUT2D eigenvalue weighted by Crippen LogP contribution is 2.40. The summed E-state index contributed by atoms with van der Waals surface area (Å²) in [6.45, 7) is 1.03. The van der Waals surface area contributed by atoms with Crippen LogP contribution >= 0.6 is 0 Å². The van der Waals surface area contributed by atoms with Crippen molar-refractivity contribution in [2.24, 2.45) is 0 Å². The van der Waals surface area contributed by atoms with Gasteiger partial charge < -0.3 is 9.47 Å². The second-order valence-electron chi connectivity index (χ2n) is 6.97. The van der Waals surface area contributed by atoms with E-state index >= 15 is 0 Å². The van der Waals surface area contributed by atoms with Gasteiger partial charge in [0.1, 0.15) is 12.2 Å². The Morgan fingerprint density at radius 1 is 1.12 bits per heavy atom. The summed E-state index contributed by atoms with van der Waals surface area (Å²) in [4.78, 5) is 14.2. The molecule has 1 amide bonds. The number of halogens is 3. The predicted molar refractivity (Wildman–Crippen MR) is 87.6 cm³/mol. The lowest BCUT2D eigenvalue weighted by molar-refractivity contribution is -0.137. The van der Waals surface area contributed by atoms with Crippen LogP contribution in [0.1, 0.15) is 59.4 Å². The Bertz CT molecular complexity index is 805. The molecular formula is C18H19F3N4O. The molecule has 2 aliphatic rings. The number of hydrogen-bond acceptors (Lipinski definition) is 3. The number of hydrogen-bond donors (Lipinski definition) is 0. The molecule has 1 saturated carbocycles. The van der Waals surface area contributed by atoms with Crippen molar-refractivity contribution in [3.05, 3.63) is 47.5 Å². The van der Waals surface area contributed by atoms with Crippen LogP contribution in [0.5, 0.6) is 0 Å². The van der Waals surface area contributed by atoms with E-state index in [1.165, 1.54) is 12.1 Å². The zero-order chi connectivity index (χ0) is 18.3. The molecule has 138 valence electrons. The average Bonchev–Trinajstić information content (AvgIpc) is 3.37. The van der Waals surface area contributed by atoms with Crippen LogP contribution < -0.4 is 0 Å². The van der Waals surface area contributed by atoms with Gasteiger partial charge in [0, 0.05) is 30.6 Å². The van der Waals surface area contributed by atoms with Crippen LogP contribution in [-0.2, 0) is 6.18 Å². The Hall–Kier alpha value is -2.38. The molecule has 8 heteroatoms. The quantitative estimate of drug-likeness (QED) is 0.835. The molecule has 26 heavy (non-hydrogen) atoms. The number of likely N-dealkylation sites (tertiary alicyclic amines) is 1. The van der Waals surface area contributed by atoms with Crippen molar-refractivity contribution in [3.8, 4) is 0 Å². The lowest BCUT2D eigenvalue weighted by atomic mass is 10.0. The van der Waals surface area contributed by atoms with Gasteiger partial charge in [-0.3, -0.25) is 4.79 Å². The Morgan fingerprint density at radius 2 is 1.85 bits per heavy atom. The van der Waals surface area contributed by atoms with E-state index in [0.29, 0.717) is 19.0 Å². The van der Waals surface area contributed by atoms with Gasteiger partial charge in [-0.25, -0.2) is 0 Å². The van der Waals surface area contributed by atoms with E-state index in [9.17, 15) is 18.0 Å². The monoisotopic (exact) mass is 364 g/mol. The summed E-state index contributed by atoms with van der Waals surface area (Å²) in [6, 6.07) is 4.87. The standard InChI is InChI=1S/C18H19F3N4O/c19-18(20,21)14-3-1-2-13(10-14)17(26)24-8-6-15(7-9-24)25-11-22-23-16(25)12-4-5-12/h1-3,10-12,15H,4-9H2. The van der Waals surface area contributed by atoms with Crippen LogP contribution in [0, 0.1) is 0 Å². The zero-order valence-electron chi connectivity index (χ0n) is 14.1. The summed E-state index contributed by atoms with van der Waals surface area (Å²) in [5.41, 5.74) is -0.710. The molecule has 2 aromatic rings. The maximum absolute atomic E-state index is 12.9. The van der Waals surface area contributed by atoms with Crippen LogP contribution in [0.4, 0.5) is 13.2 Å². The van der Waals surface area contributed by atoms with Crippen LogP contribution in [0.2, 0.25) is 0 Å². The van der Waals surface area contributed by atoms with Gasteiger partial charge in [0.25, 0.3) is 5.91 Å². The van der Waals surface area contributed by atoms with Gasteiger partial charge in [0.2, 0.25) is 0 Å².